The van der Waals surface area contributed by atoms with Gasteiger partial charge in [0, 0.05) is 12.7 Å². The molecule has 1 amide bonds. The van der Waals surface area contributed by atoms with Crippen molar-refractivity contribution in [3.63, 3.8) is 0 Å². The molecule has 0 aliphatic carbocycles. The van der Waals surface area contributed by atoms with E-state index in [-0.39, 0.29) is 11.9 Å². The standard InChI is InChI=1S/C25H26N4O2/c1-18-11-13-20(14-12-18)31-17-7-16-29-23-10-4-3-8-21(23)28-24(29)19(2)27-25(30)22-9-5-6-15-26-22/h3-6,8-15,19H,7,16-17H2,1-2H3,(H,27,30). The Morgan fingerprint density at radius 2 is 1.84 bits per heavy atom. The maximum atomic E-state index is 12.6. The Labute approximate surface area is 181 Å². The van der Waals surface area contributed by atoms with Crippen molar-refractivity contribution in [1.29, 1.82) is 0 Å². The fraction of sp³-hybridized carbons (Fsp3) is 0.240. The predicted molar refractivity (Wildman–Crippen MR) is 121 cm³/mol. The van der Waals surface area contributed by atoms with Gasteiger partial charge in [-0.3, -0.25) is 9.78 Å². The molecule has 0 saturated carbocycles. The number of rotatable bonds is 8. The molecule has 0 bridgehead atoms. The van der Waals surface area contributed by atoms with Crippen molar-refractivity contribution in [2.45, 2.75) is 32.9 Å². The first kappa shape index (κ1) is 20.6. The van der Waals surface area contributed by atoms with Gasteiger partial charge in [-0.05, 0) is 56.7 Å². The van der Waals surface area contributed by atoms with Crippen LogP contribution in [-0.4, -0.2) is 27.0 Å². The summed E-state index contributed by atoms with van der Waals surface area (Å²) in [7, 11) is 0. The molecule has 1 unspecified atom stereocenters. The number of fused-ring (bicyclic) bond motifs is 1. The second-order valence-electron chi connectivity index (χ2n) is 7.54. The lowest BCUT2D eigenvalue weighted by Gasteiger charge is -2.16. The van der Waals surface area contributed by atoms with E-state index >= 15 is 0 Å². The summed E-state index contributed by atoms with van der Waals surface area (Å²) in [6.07, 6.45) is 2.44. The lowest BCUT2D eigenvalue weighted by molar-refractivity contribution is 0.0932. The SMILES string of the molecule is Cc1ccc(OCCCn2c(C(C)NC(=O)c3ccccn3)nc3ccccc32)cc1. The van der Waals surface area contributed by atoms with Crippen molar-refractivity contribution in [2.75, 3.05) is 6.61 Å². The summed E-state index contributed by atoms with van der Waals surface area (Å²) in [5.41, 5.74) is 3.56. The Balaban J connectivity index is 1.47. The first-order valence-corrected chi connectivity index (χ1v) is 10.5. The minimum atomic E-state index is -0.264. The van der Waals surface area contributed by atoms with E-state index in [0.717, 1.165) is 35.6 Å². The van der Waals surface area contributed by atoms with Gasteiger partial charge in [0.05, 0.1) is 23.7 Å². The number of amides is 1. The van der Waals surface area contributed by atoms with E-state index in [1.807, 2.05) is 49.4 Å². The van der Waals surface area contributed by atoms with Crippen molar-refractivity contribution < 1.29 is 9.53 Å². The van der Waals surface area contributed by atoms with Crippen LogP contribution < -0.4 is 10.1 Å². The molecule has 158 valence electrons. The average Bonchev–Trinajstić information content (AvgIpc) is 3.17. The van der Waals surface area contributed by atoms with Crippen molar-refractivity contribution in [3.8, 4) is 5.75 Å². The van der Waals surface area contributed by atoms with Gasteiger partial charge in [0.2, 0.25) is 0 Å². The zero-order chi connectivity index (χ0) is 21.6. The lowest BCUT2D eigenvalue weighted by Crippen LogP contribution is -2.29. The smallest absolute Gasteiger partial charge is 0.270 e. The molecule has 0 spiro atoms. The minimum Gasteiger partial charge on any atom is -0.494 e. The fourth-order valence-corrected chi connectivity index (χ4v) is 3.54. The van der Waals surface area contributed by atoms with Crippen LogP contribution in [0.3, 0.4) is 0 Å². The molecule has 1 atom stereocenters. The van der Waals surface area contributed by atoms with Crippen molar-refractivity contribution in [2.24, 2.45) is 0 Å². The van der Waals surface area contributed by atoms with Gasteiger partial charge in [-0.15, -0.1) is 0 Å². The largest absolute Gasteiger partial charge is 0.494 e. The molecule has 0 radical (unpaired) electrons. The van der Waals surface area contributed by atoms with Crippen molar-refractivity contribution >= 4 is 16.9 Å². The Bertz CT molecular complexity index is 1150. The van der Waals surface area contributed by atoms with Gasteiger partial charge >= 0.3 is 0 Å². The number of hydrogen-bond donors (Lipinski definition) is 1. The molecular formula is C25H26N4O2. The molecule has 0 saturated heterocycles. The van der Waals surface area contributed by atoms with Gasteiger partial charge in [-0.1, -0.05) is 35.9 Å². The number of ether oxygens (including phenoxy) is 1. The van der Waals surface area contributed by atoms with Crippen LogP contribution in [0.2, 0.25) is 0 Å². The molecule has 0 aliphatic rings. The molecule has 6 nitrogen and oxygen atoms in total. The number of nitrogens with one attached hydrogen (secondary N) is 1. The molecule has 1 N–H and O–H groups in total. The number of aromatic nitrogens is 3. The number of aryl methyl sites for hydroxylation is 2. The van der Waals surface area contributed by atoms with E-state index < -0.39 is 0 Å². The van der Waals surface area contributed by atoms with Crippen LogP contribution in [0.1, 0.15) is 41.3 Å². The first-order chi connectivity index (χ1) is 15.1. The van der Waals surface area contributed by atoms with Crippen LogP contribution in [-0.2, 0) is 6.54 Å². The normalized spacial score (nSPS) is 11.9. The predicted octanol–water partition coefficient (Wildman–Crippen LogP) is 4.70. The fourth-order valence-electron chi connectivity index (χ4n) is 3.54. The highest BCUT2D eigenvalue weighted by molar-refractivity contribution is 5.92. The first-order valence-electron chi connectivity index (χ1n) is 10.5. The van der Waals surface area contributed by atoms with Crippen LogP contribution in [0, 0.1) is 6.92 Å². The van der Waals surface area contributed by atoms with Gasteiger partial charge in [0.25, 0.3) is 5.91 Å². The minimum absolute atomic E-state index is 0.214. The van der Waals surface area contributed by atoms with Gasteiger partial charge < -0.3 is 14.6 Å². The summed E-state index contributed by atoms with van der Waals surface area (Å²) in [5, 5.41) is 3.02. The van der Waals surface area contributed by atoms with E-state index in [1.54, 1.807) is 24.4 Å². The maximum absolute atomic E-state index is 12.6. The van der Waals surface area contributed by atoms with Crippen LogP contribution in [0.15, 0.2) is 72.9 Å². The van der Waals surface area contributed by atoms with Crippen molar-refractivity contribution in [1.82, 2.24) is 19.9 Å². The lowest BCUT2D eigenvalue weighted by atomic mass is 10.2. The van der Waals surface area contributed by atoms with E-state index in [2.05, 4.69) is 27.9 Å². The van der Waals surface area contributed by atoms with E-state index in [9.17, 15) is 4.79 Å². The third kappa shape index (κ3) is 4.91. The quantitative estimate of drug-likeness (QED) is 0.424. The molecule has 6 heteroatoms. The molecule has 0 aliphatic heterocycles. The second kappa shape index (κ2) is 9.43. The average molecular weight is 415 g/mol. The highest BCUT2D eigenvalue weighted by atomic mass is 16.5. The summed E-state index contributed by atoms with van der Waals surface area (Å²) in [6.45, 7) is 5.35. The maximum Gasteiger partial charge on any atom is 0.270 e. The van der Waals surface area contributed by atoms with E-state index in [0.29, 0.717) is 12.3 Å². The number of benzene rings is 2. The van der Waals surface area contributed by atoms with Gasteiger partial charge in [0.15, 0.2) is 0 Å². The third-order valence-corrected chi connectivity index (χ3v) is 5.13. The summed E-state index contributed by atoms with van der Waals surface area (Å²) >= 11 is 0. The number of para-hydroxylation sites is 2. The van der Waals surface area contributed by atoms with E-state index in [4.69, 9.17) is 9.72 Å². The van der Waals surface area contributed by atoms with Crippen LogP contribution in [0.25, 0.3) is 11.0 Å². The summed E-state index contributed by atoms with van der Waals surface area (Å²) in [6, 6.07) is 21.1. The Kier molecular flexibility index (Phi) is 6.26. The number of pyridine rings is 1. The Hall–Kier alpha value is -3.67. The number of hydrogen-bond acceptors (Lipinski definition) is 4. The molecule has 2 heterocycles. The zero-order valence-electron chi connectivity index (χ0n) is 17.8. The summed E-state index contributed by atoms with van der Waals surface area (Å²) in [5.74, 6) is 1.48. The van der Waals surface area contributed by atoms with Crippen LogP contribution in [0.4, 0.5) is 0 Å². The Morgan fingerprint density at radius 3 is 2.61 bits per heavy atom. The van der Waals surface area contributed by atoms with Gasteiger partial charge in [-0.25, -0.2) is 4.98 Å². The molecule has 2 aromatic carbocycles. The summed E-state index contributed by atoms with van der Waals surface area (Å²) < 4.78 is 8.05. The molecule has 4 rings (SSSR count). The molecule has 31 heavy (non-hydrogen) atoms. The molecule has 4 aromatic rings. The third-order valence-electron chi connectivity index (χ3n) is 5.13. The Morgan fingerprint density at radius 1 is 1.06 bits per heavy atom. The molecular weight excluding hydrogens is 388 g/mol. The molecule has 2 aromatic heterocycles. The summed E-state index contributed by atoms with van der Waals surface area (Å²) in [4.78, 5) is 21.5. The van der Waals surface area contributed by atoms with E-state index in [1.165, 1.54) is 5.56 Å². The highest BCUT2D eigenvalue weighted by Gasteiger charge is 2.19. The zero-order valence-corrected chi connectivity index (χ0v) is 17.8. The van der Waals surface area contributed by atoms with Crippen LogP contribution in [0.5, 0.6) is 5.75 Å². The number of imidazole rings is 1. The topological polar surface area (TPSA) is 69.0 Å². The second-order valence-corrected chi connectivity index (χ2v) is 7.54. The van der Waals surface area contributed by atoms with Gasteiger partial charge in [0.1, 0.15) is 17.3 Å². The number of nitrogens with zero attached hydrogens (tertiary/aromatic N) is 3. The monoisotopic (exact) mass is 414 g/mol. The van der Waals surface area contributed by atoms with Gasteiger partial charge in [-0.2, -0.15) is 0 Å². The van der Waals surface area contributed by atoms with Crippen molar-refractivity contribution in [3.05, 3.63) is 90.0 Å². The molecule has 0 fully saturated rings. The van der Waals surface area contributed by atoms with Crippen LogP contribution >= 0.6 is 0 Å². The number of carbonyl (C=O) groups is 1. The number of carbonyl (C=O) groups excluding carboxylic acids is 1. The highest BCUT2D eigenvalue weighted by Crippen LogP contribution is 2.22.